The first kappa shape index (κ1) is 16.0. The lowest BCUT2D eigenvalue weighted by Gasteiger charge is -2.20. The predicted octanol–water partition coefficient (Wildman–Crippen LogP) is 3.49. The SMILES string of the molecule is CCCC1CCN(CC(C)C(=O)OCc2ccccc2)C1. The zero-order valence-electron chi connectivity index (χ0n) is 13.3. The van der Waals surface area contributed by atoms with E-state index in [1.807, 2.05) is 37.3 Å². The molecule has 116 valence electrons. The second kappa shape index (κ2) is 8.18. The Bertz CT molecular complexity index is 432. The van der Waals surface area contributed by atoms with Crippen LogP contribution >= 0.6 is 0 Å². The molecule has 1 fully saturated rings. The third kappa shape index (κ3) is 5.16. The molecule has 0 radical (unpaired) electrons. The van der Waals surface area contributed by atoms with Crippen LogP contribution < -0.4 is 0 Å². The summed E-state index contributed by atoms with van der Waals surface area (Å²) in [5, 5.41) is 0. The summed E-state index contributed by atoms with van der Waals surface area (Å²) in [5.41, 5.74) is 1.04. The van der Waals surface area contributed by atoms with E-state index in [0.717, 1.165) is 31.1 Å². The summed E-state index contributed by atoms with van der Waals surface area (Å²) >= 11 is 0. The Kier molecular flexibility index (Phi) is 6.24. The van der Waals surface area contributed by atoms with Crippen LogP contribution in [0.15, 0.2) is 30.3 Å². The first-order valence-corrected chi connectivity index (χ1v) is 8.12. The smallest absolute Gasteiger partial charge is 0.310 e. The number of benzene rings is 1. The van der Waals surface area contributed by atoms with Crippen LogP contribution in [0.25, 0.3) is 0 Å². The van der Waals surface area contributed by atoms with Crippen molar-refractivity contribution < 1.29 is 9.53 Å². The summed E-state index contributed by atoms with van der Waals surface area (Å²) in [6.45, 7) is 7.69. The van der Waals surface area contributed by atoms with Gasteiger partial charge in [0.2, 0.25) is 0 Å². The molecular formula is C18H27NO2. The average molecular weight is 289 g/mol. The molecule has 0 N–H and O–H groups in total. The standard InChI is InChI=1S/C18H27NO2/c1-3-7-16-10-11-19(13-16)12-15(2)18(20)21-14-17-8-5-4-6-9-17/h4-6,8-9,15-16H,3,7,10-14H2,1-2H3. The number of nitrogens with zero attached hydrogens (tertiary/aromatic N) is 1. The molecule has 1 aliphatic rings. The van der Waals surface area contributed by atoms with Crippen LogP contribution in [0.3, 0.4) is 0 Å². The molecule has 0 aromatic heterocycles. The fraction of sp³-hybridized carbons (Fsp3) is 0.611. The van der Waals surface area contributed by atoms with Crippen LogP contribution in [-0.2, 0) is 16.1 Å². The molecule has 0 spiro atoms. The summed E-state index contributed by atoms with van der Waals surface area (Å²) in [7, 11) is 0. The molecule has 1 aromatic rings. The van der Waals surface area contributed by atoms with Crippen molar-refractivity contribution in [2.24, 2.45) is 11.8 Å². The molecule has 3 nitrogen and oxygen atoms in total. The van der Waals surface area contributed by atoms with Crippen LogP contribution in [0.5, 0.6) is 0 Å². The number of carbonyl (C=O) groups excluding carboxylic acids is 1. The highest BCUT2D eigenvalue weighted by Crippen LogP contribution is 2.21. The molecule has 3 heteroatoms. The molecule has 0 aliphatic carbocycles. The van der Waals surface area contributed by atoms with E-state index < -0.39 is 0 Å². The molecular weight excluding hydrogens is 262 g/mol. The van der Waals surface area contributed by atoms with Crippen LogP contribution in [-0.4, -0.2) is 30.5 Å². The van der Waals surface area contributed by atoms with E-state index in [9.17, 15) is 4.79 Å². The molecule has 0 bridgehead atoms. The summed E-state index contributed by atoms with van der Waals surface area (Å²) in [5.74, 6) is 0.689. The van der Waals surface area contributed by atoms with E-state index in [2.05, 4.69) is 11.8 Å². The topological polar surface area (TPSA) is 29.5 Å². The highest BCUT2D eigenvalue weighted by atomic mass is 16.5. The third-order valence-electron chi connectivity index (χ3n) is 4.23. The molecule has 1 saturated heterocycles. The summed E-state index contributed by atoms with van der Waals surface area (Å²) in [4.78, 5) is 14.5. The van der Waals surface area contributed by atoms with Gasteiger partial charge in [-0.2, -0.15) is 0 Å². The normalized spacial score (nSPS) is 20.4. The van der Waals surface area contributed by atoms with Crippen LogP contribution in [0, 0.1) is 11.8 Å². The Morgan fingerprint density at radius 1 is 1.38 bits per heavy atom. The molecule has 2 atom stereocenters. The minimum absolute atomic E-state index is 0.0471. The molecule has 1 heterocycles. The number of esters is 1. The Labute approximate surface area is 128 Å². The van der Waals surface area contributed by atoms with Crippen molar-refractivity contribution in [1.82, 2.24) is 4.90 Å². The molecule has 1 aliphatic heterocycles. The van der Waals surface area contributed by atoms with Crippen LogP contribution in [0.1, 0.15) is 38.7 Å². The highest BCUT2D eigenvalue weighted by molar-refractivity contribution is 5.72. The lowest BCUT2D eigenvalue weighted by molar-refractivity contribution is -0.149. The van der Waals surface area contributed by atoms with Gasteiger partial charge >= 0.3 is 5.97 Å². The van der Waals surface area contributed by atoms with Gasteiger partial charge in [-0.05, 0) is 30.9 Å². The Balaban J connectivity index is 1.70. The van der Waals surface area contributed by atoms with Crippen molar-refractivity contribution in [2.75, 3.05) is 19.6 Å². The first-order valence-electron chi connectivity index (χ1n) is 8.12. The maximum atomic E-state index is 12.1. The van der Waals surface area contributed by atoms with Gasteiger partial charge in [-0.15, -0.1) is 0 Å². The number of hydrogen-bond acceptors (Lipinski definition) is 3. The second-order valence-electron chi connectivity index (χ2n) is 6.20. The summed E-state index contributed by atoms with van der Waals surface area (Å²) in [6.07, 6.45) is 3.84. The minimum Gasteiger partial charge on any atom is -0.461 e. The van der Waals surface area contributed by atoms with Gasteiger partial charge in [-0.1, -0.05) is 50.6 Å². The fourth-order valence-corrected chi connectivity index (χ4v) is 3.06. The Morgan fingerprint density at radius 3 is 2.86 bits per heavy atom. The van der Waals surface area contributed by atoms with E-state index in [-0.39, 0.29) is 11.9 Å². The van der Waals surface area contributed by atoms with Gasteiger partial charge in [-0.25, -0.2) is 0 Å². The van der Waals surface area contributed by atoms with Gasteiger partial charge in [0.05, 0.1) is 5.92 Å². The predicted molar refractivity (Wildman–Crippen MR) is 84.9 cm³/mol. The second-order valence-corrected chi connectivity index (χ2v) is 6.20. The lowest BCUT2D eigenvalue weighted by atomic mass is 10.0. The van der Waals surface area contributed by atoms with Crippen molar-refractivity contribution in [3.63, 3.8) is 0 Å². The van der Waals surface area contributed by atoms with E-state index in [1.165, 1.54) is 19.3 Å². The maximum absolute atomic E-state index is 12.1. The number of carbonyl (C=O) groups is 1. The van der Waals surface area contributed by atoms with E-state index >= 15 is 0 Å². The van der Waals surface area contributed by atoms with Crippen molar-refractivity contribution in [3.8, 4) is 0 Å². The van der Waals surface area contributed by atoms with Gasteiger partial charge in [0.25, 0.3) is 0 Å². The zero-order chi connectivity index (χ0) is 15.1. The van der Waals surface area contributed by atoms with Gasteiger partial charge < -0.3 is 9.64 Å². The molecule has 1 aromatic carbocycles. The van der Waals surface area contributed by atoms with Crippen molar-refractivity contribution in [2.45, 2.75) is 39.7 Å². The molecule has 2 rings (SSSR count). The van der Waals surface area contributed by atoms with Crippen molar-refractivity contribution >= 4 is 5.97 Å². The molecule has 0 amide bonds. The number of ether oxygens (including phenoxy) is 1. The fourth-order valence-electron chi connectivity index (χ4n) is 3.06. The quantitative estimate of drug-likeness (QED) is 0.720. The zero-order valence-corrected chi connectivity index (χ0v) is 13.3. The highest BCUT2D eigenvalue weighted by Gasteiger charge is 2.25. The van der Waals surface area contributed by atoms with Gasteiger partial charge in [0, 0.05) is 13.1 Å². The van der Waals surface area contributed by atoms with Gasteiger partial charge in [0.15, 0.2) is 0 Å². The summed E-state index contributed by atoms with van der Waals surface area (Å²) < 4.78 is 5.41. The first-order chi connectivity index (χ1) is 10.2. The van der Waals surface area contributed by atoms with Crippen LogP contribution in [0.4, 0.5) is 0 Å². The molecule has 21 heavy (non-hydrogen) atoms. The van der Waals surface area contributed by atoms with Crippen molar-refractivity contribution in [3.05, 3.63) is 35.9 Å². The number of hydrogen-bond donors (Lipinski definition) is 0. The number of likely N-dealkylation sites (tertiary alicyclic amines) is 1. The van der Waals surface area contributed by atoms with Crippen molar-refractivity contribution in [1.29, 1.82) is 0 Å². The van der Waals surface area contributed by atoms with Gasteiger partial charge in [0.1, 0.15) is 6.61 Å². The molecule has 2 unspecified atom stereocenters. The van der Waals surface area contributed by atoms with Gasteiger partial charge in [-0.3, -0.25) is 4.79 Å². The third-order valence-corrected chi connectivity index (χ3v) is 4.23. The Morgan fingerprint density at radius 2 is 2.14 bits per heavy atom. The van der Waals surface area contributed by atoms with E-state index in [0.29, 0.717) is 6.61 Å². The average Bonchev–Trinajstić information content (AvgIpc) is 2.93. The monoisotopic (exact) mass is 289 g/mol. The lowest BCUT2D eigenvalue weighted by Crippen LogP contribution is -2.31. The van der Waals surface area contributed by atoms with E-state index in [4.69, 9.17) is 4.74 Å². The largest absolute Gasteiger partial charge is 0.461 e. The maximum Gasteiger partial charge on any atom is 0.310 e. The minimum atomic E-state index is -0.0854. The Hall–Kier alpha value is -1.35. The number of rotatable bonds is 7. The molecule has 0 saturated carbocycles. The summed E-state index contributed by atoms with van der Waals surface area (Å²) in [6, 6.07) is 9.85. The van der Waals surface area contributed by atoms with Crippen LogP contribution in [0.2, 0.25) is 0 Å². The van der Waals surface area contributed by atoms with E-state index in [1.54, 1.807) is 0 Å².